The second-order valence-corrected chi connectivity index (χ2v) is 5.45. The van der Waals surface area contributed by atoms with E-state index in [0.29, 0.717) is 16.6 Å². The molecular weight excluding hydrogens is 315 g/mol. The van der Waals surface area contributed by atoms with Crippen molar-refractivity contribution in [1.82, 2.24) is 10.6 Å². The van der Waals surface area contributed by atoms with Crippen LogP contribution in [-0.4, -0.2) is 24.8 Å². The SMILES string of the molecule is CC1OCCC1NC(=O)NCc1ccc(Br)cc1F. The molecule has 0 spiro atoms. The fourth-order valence-corrected chi connectivity index (χ4v) is 2.31. The molecule has 1 aromatic rings. The Labute approximate surface area is 119 Å². The smallest absolute Gasteiger partial charge is 0.315 e. The lowest BCUT2D eigenvalue weighted by Gasteiger charge is -2.16. The Morgan fingerprint density at radius 1 is 1.58 bits per heavy atom. The lowest BCUT2D eigenvalue weighted by Crippen LogP contribution is -2.44. The van der Waals surface area contributed by atoms with Crippen LogP contribution in [0.1, 0.15) is 18.9 Å². The first-order chi connectivity index (χ1) is 9.06. The molecule has 1 aliphatic heterocycles. The van der Waals surface area contributed by atoms with Gasteiger partial charge in [-0.25, -0.2) is 9.18 Å². The first-order valence-electron chi connectivity index (χ1n) is 6.16. The van der Waals surface area contributed by atoms with Gasteiger partial charge in [-0.05, 0) is 25.5 Å². The molecule has 2 unspecified atom stereocenters. The monoisotopic (exact) mass is 330 g/mol. The van der Waals surface area contributed by atoms with Crippen LogP contribution in [0.4, 0.5) is 9.18 Å². The number of rotatable bonds is 3. The van der Waals surface area contributed by atoms with E-state index in [4.69, 9.17) is 4.74 Å². The molecule has 0 radical (unpaired) electrons. The number of benzene rings is 1. The molecule has 2 rings (SSSR count). The maximum atomic E-state index is 13.5. The van der Waals surface area contributed by atoms with Crippen molar-refractivity contribution in [3.05, 3.63) is 34.1 Å². The first-order valence-corrected chi connectivity index (χ1v) is 6.95. The van der Waals surface area contributed by atoms with Gasteiger partial charge in [0.25, 0.3) is 0 Å². The standard InChI is InChI=1S/C13H16BrFN2O2/c1-8-12(4-5-19-8)17-13(18)16-7-9-2-3-10(14)6-11(9)15/h2-3,6,8,12H,4-5,7H2,1H3,(H2,16,17,18). The second-order valence-electron chi connectivity index (χ2n) is 4.53. The molecule has 1 aromatic carbocycles. The number of ether oxygens (including phenoxy) is 1. The number of halogens is 2. The summed E-state index contributed by atoms with van der Waals surface area (Å²) in [5.41, 5.74) is 0.453. The predicted octanol–water partition coefficient (Wildman–Crippen LogP) is 2.56. The van der Waals surface area contributed by atoms with Crippen LogP contribution >= 0.6 is 15.9 Å². The number of nitrogens with one attached hydrogen (secondary N) is 2. The van der Waals surface area contributed by atoms with Gasteiger partial charge >= 0.3 is 6.03 Å². The normalized spacial score (nSPS) is 22.3. The van der Waals surface area contributed by atoms with Gasteiger partial charge in [-0.15, -0.1) is 0 Å². The van der Waals surface area contributed by atoms with E-state index in [1.807, 2.05) is 6.92 Å². The molecule has 1 heterocycles. The van der Waals surface area contributed by atoms with Crippen molar-refractivity contribution in [1.29, 1.82) is 0 Å². The Kier molecular flexibility index (Phi) is 4.76. The van der Waals surface area contributed by atoms with Crippen molar-refractivity contribution in [2.75, 3.05) is 6.61 Å². The van der Waals surface area contributed by atoms with Crippen LogP contribution in [0, 0.1) is 5.82 Å². The quantitative estimate of drug-likeness (QED) is 0.894. The minimum Gasteiger partial charge on any atom is -0.376 e. The highest BCUT2D eigenvalue weighted by Crippen LogP contribution is 2.15. The fraction of sp³-hybridized carbons (Fsp3) is 0.462. The molecule has 0 bridgehead atoms. The van der Waals surface area contributed by atoms with Gasteiger partial charge in [0.1, 0.15) is 5.82 Å². The summed E-state index contributed by atoms with van der Waals surface area (Å²) in [5, 5.41) is 5.47. The van der Waals surface area contributed by atoms with Gasteiger partial charge in [-0.1, -0.05) is 22.0 Å². The Morgan fingerprint density at radius 3 is 3.00 bits per heavy atom. The van der Waals surface area contributed by atoms with Gasteiger partial charge in [0.15, 0.2) is 0 Å². The maximum Gasteiger partial charge on any atom is 0.315 e. The molecule has 2 amide bonds. The van der Waals surface area contributed by atoms with Crippen LogP contribution in [0.2, 0.25) is 0 Å². The average molecular weight is 331 g/mol. The van der Waals surface area contributed by atoms with Crippen molar-refractivity contribution in [2.24, 2.45) is 0 Å². The summed E-state index contributed by atoms with van der Waals surface area (Å²) in [5.74, 6) is -0.341. The van der Waals surface area contributed by atoms with E-state index in [0.717, 1.165) is 6.42 Å². The molecule has 19 heavy (non-hydrogen) atoms. The third kappa shape index (κ3) is 3.91. The number of amides is 2. The van der Waals surface area contributed by atoms with E-state index in [-0.39, 0.29) is 30.5 Å². The van der Waals surface area contributed by atoms with Crippen LogP contribution in [0.25, 0.3) is 0 Å². The molecule has 2 atom stereocenters. The minimum atomic E-state index is -0.341. The van der Waals surface area contributed by atoms with Gasteiger partial charge in [0.05, 0.1) is 12.1 Å². The molecule has 1 fully saturated rings. The summed E-state index contributed by atoms with van der Waals surface area (Å²) in [7, 11) is 0. The third-order valence-electron chi connectivity index (χ3n) is 3.15. The Hall–Kier alpha value is -1.14. The van der Waals surface area contributed by atoms with E-state index in [9.17, 15) is 9.18 Å². The zero-order chi connectivity index (χ0) is 13.8. The molecule has 1 saturated heterocycles. The van der Waals surface area contributed by atoms with Crippen molar-refractivity contribution in [2.45, 2.75) is 32.0 Å². The van der Waals surface area contributed by atoms with E-state index >= 15 is 0 Å². The number of urea groups is 1. The van der Waals surface area contributed by atoms with Crippen molar-refractivity contribution in [3.8, 4) is 0 Å². The molecule has 0 aromatic heterocycles. The maximum absolute atomic E-state index is 13.5. The largest absolute Gasteiger partial charge is 0.376 e. The van der Waals surface area contributed by atoms with Crippen molar-refractivity contribution < 1.29 is 13.9 Å². The molecule has 1 aliphatic rings. The fourth-order valence-electron chi connectivity index (χ4n) is 1.98. The second kappa shape index (κ2) is 6.34. The van der Waals surface area contributed by atoms with Crippen LogP contribution in [0.15, 0.2) is 22.7 Å². The Bertz CT molecular complexity index is 470. The number of carbonyl (C=O) groups is 1. The van der Waals surface area contributed by atoms with Crippen LogP contribution < -0.4 is 10.6 Å². The number of carbonyl (C=O) groups excluding carboxylic acids is 1. The topological polar surface area (TPSA) is 50.4 Å². The summed E-state index contributed by atoms with van der Waals surface area (Å²) in [6, 6.07) is 4.48. The highest BCUT2D eigenvalue weighted by atomic mass is 79.9. The molecule has 4 nitrogen and oxygen atoms in total. The summed E-state index contributed by atoms with van der Waals surface area (Å²) in [6.45, 7) is 2.74. The van der Waals surface area contributed by atoms with Crippen LogP contribution in [0.5, 0.6) is 0 Å². The lowest BCUT2D eigenvalue weighted by atomic mass is 10.2. The number of hydrogen-bond donors (Lipinski definition) is 2. The Morgan fingerprint density at radius 2 is 2.37 bits per heavy atom. The molecule has 104 valence electrons. The van der Waals surface area contributed by atoms with E-state index in [1.165, 1.54) is 6.07 Å². The van der Waals surface area contributed by atoms with E-state index < -0.39 is 0 Å². The lowest BCUT2D eigenvalue weighted by molar-refractivity contribution is 0.114. The van der Waals surface area contributed by atoms with Crippen LogP contribution in [0.3, 0.4) is 0 Å². The van der Waals surface area contributed by atoms with E-state index in [1.54, 1.807) is 12.1 Å². The summed E-state index contributed by atoms with van der Waals surface area (Å²) >= 11 is 3.19. The summed E-state index contributed by atoms with van der Waals surface area (Å²) < 4.78 is 19.6. The zero-order valence-corrected chi connectivity index (χ0v) is 12.2. The minimum absolute atomic E-state index is 0.0229. The van der Waals surface area contributed by atoms with Gasteiger partial charge in [0.2, 0.25) is 0 Å². The Balaban J connectivity index is 1.83. The highest BCUT2D eigenvalue weighted by molar-refractivity contribution is 9.10. The summed E-state index contributed by atoms with van der Waals surface area (Å²) in [6.07, 6.45) is 0.830. The molecule has 0 aliphatic carbocycles. The van der Waals surface area contributed by atoms with Gasteiger partial charge < -0.3 is 15.4 Å². The molecule has 2 N–H and O–H groups in total. The molecule has 0 saturated carbocycles. The highest BCUT2D eigenvalue weighted by Gasteiger charge is 2.25. The average Bonchev–Trinajstić information content (AvgIpc) is 2.74. The first kappa shape index (κ1) is 14.3. The predicted molar refractivity (Wildman–Crippen MR) is 73.3 cm³/mol. The van der Waals surface area contributed by atoms with Gasteiger partial charge in [-0.3, -0.25) is 0 Å². The third-order valence-corrected chi connectivity index (χ3v) is 3.64. The van der Waals surface area contributed by atoms with Crippen molar-refractivity contribution in [3.63, 3.8) is 0 Å². The van der Waals surface area contributed by atoms with Crippen LogP contribution in [-0.2, 0) is 11.3 Å². The summed E-state index contributed by atoms with van der Waals surface area (Å²) in [4.78, 5) is 11.7. The van der Waals surface area contributed by atoms with Crippen molar-refractivity contribution >= 4 is 22.0 Å². The van der Waals surface area contributed by atoms with Gasteiger partial charge in [-0.2, -0.15) is 0 Å². The molecule has 6 heteroatoms. The zero-order valence-electron chi connectivity index (χ0n) is 10.6. The van der Waals surface area contributed by atoms with Gasteiger partial charge in [0, 0.05) is 23.2 Å². The number of hydrogen-bond acceptors (Lipinski definition) is 2. The van der Waals surface area contributed by atoms with E-state index in [2.05, 4.69) is 26.6 Å². The molecular formula is C13H16BrFN2O2.